The van der Waals surface area contributed by atoms with Gasteiger partial charge in [-0.15, -0.1) is 0 Å². The molecule has 7 nitrogen and oxygen atoms in total. The van der Waals surface area contributed by atoms with Gasteiger partial charge in [0, 0.05) is 5.39 Å². The third kappa shape index (κ3) is 3.34. The van der Waals surface area contributed by atoms with E-state index < -0.39 is 11.8 Å². The highest BCUT2D eigenvalue weighted by Crippen LogP contribution is 2.34. The van der Waals surface area contributed by atoms with Crippen molar-refractivity contribution in [1.82, 2.24) is 5.01 Å². The lowest BCUT2D eigenvalue weighted by atomic mass is 9.95. The molecule has 0 atom stereocenters. The monoisotopic (exact) mass is 414 g/mol. The molecule has 1 aliphatic carbocycles. The van der Waals surface area contributed by atoms with Crippen LogP contribution < -0.4 is 9.47 Å². The first-order chi connectivity index (χ1) is 15.1. The highest BCUT2D eigenvalue weighted by Gasteiger charge is 2.33. The molecule has 0 unspecified atom stereocenters. The second-order valence-electron chi connectivity index (χ2n) is 7.48. The summed E-state index contributed by atoms with van der Waals surface area (Å²) in [5.41, 5.74) is 1.45. The van der Waals surface area contributed by atoms with Crippen LogP contribution in [0.2, 0.25) is 0 Å². The van der Waals surface area contributed by atoms with Crippen molar-refractivity contribution in [2.75, 3.05) is 7.11 Å². The van der Waals surface area contributed by atoms with E-state index in [4.69, 9.17) is 9.47 Å². The summed E-state index contributed by atoms with van der Waals surface area (Å²) in [6.45, 7) is 0. The second kappa shape index (κ2) is 7.36. The molecule has 2 amide bonds. The molecule has 31 heavy (non-hydrogen) atoms. The van der Waals surface area contributed by atoms with E-state index in [0.29, 0.717) is 33.6 Å². The van der Waals surface area contributed by atoms with Crippen LogP contribution in [0.4, 0.5) is 0 Å². The maximum absolute atomic E-state index is 12.9. The Kier molecular flexibility index (Phi) is 4.51. The lowest BCUT2D eigenvalue weighted by molar-refractivity contribution is -0.135. The van der Waals surface area contributed by atoms with Gasteiger partial charge >= 0.3 is 5.97 Å². The van der Waals surface area contributed by atoms with Crippen LogP contribution in [0.5, 0.6) is 11.5 Å². The Balaban J connectivity index is 1.43. The largest absolute Gasteiger partial charge is 0.493 e. The number of methoxy groups -OCH3 is 1. The van der Waals surface area contributed by atoms with Crippen molar-refractivity contribution in [2.45, 2.75) is 12.8 Å². The third-order valence-corrected chi connectivity index (χ3v) is 5.38. The van der Waals surface area contributed by atoms with E-state index in [-0.39, 0.29) is 11.9 Å². The molecule has 0 bridgehead atoms. The quantitative estimate of drug-likeness (QED) is 0.274. The normalized spacial score (nSPS) is 15.6. The zero-order chi connectivity index (χ0) is 21.5. The second-order valence-corrected chi connectivity index (χ2v) is 7.48. The van der Waals surface area contributed by atoms with Crippen LogP contribution in [-0.4, -0.2) is 36.1 Å². The van der Waals surface area contributed by atoms with Gasteiger partial charge < -0.3 is 9.47 Å². The topological polar surface area (TPSA) is 85.3 Å². The van der Waals surface area contributed by atoms with Crippen LogP contribution in [0.25, 0.3) is 10.8 Å². The van der Waals surface area contributed by atoms with Crippen molar-refractivity contribution >= 4 is 34.8 Å². The third-order valence-electron chi connectivity index (χ3n) is 5.38. The minimum Gasteiger partial charge on any atom is -0.493 e. The van der Waals surface area contributed by atoms with E-state index in [9.17, 15) is 14.4 Å². The van der Waals surface area contributed by atoms with Crippen molar-refractivity contribution < 1.29 is 23.9 Å². The number of amides is 2. The molecule has 1 fully saturated rings. The Morgan fingerprint density at radius 3 is 2.29 bits per heavy atom. The molecule has 7 heteroatoms. The molecular weight excluding hydrogens is 396 g/mol. The van der Waals surface area contributed by atoms with Crippen molar-refractivity contribution in [3.05, 3.63) is 71.3 Å². The molecular formula is C24H18N2O5. The molecule has 0 saturated heterocycles. The van der Waals surface area contributed by atoms with Crippen LogP contribution in [0, 0.1) is 5.92 Å². The van der Waals surface area contributed by atoms with Gasteiger partial charge in [-0.05, 0) is 54.1 Å². The van der Waals surface area contributed by atoms with E-state index in [1.54, 1.807) is 42.5 Å². The Bertz CT molecular complexity index is 1230. The molecule has 0 N–H and O–H groups in total. The van der Waals surface area contributed by atoms with E-state index >= 15 is 0 Å². The number of hydrazone groups is 1. The van der Waals surface area contributed by atoms with Gasteiger partial charge in [0.15, 0.2) is 11.5 Å². The fourth-order valence-corrected chi connectivity index (χ4v) is 3.61. The smallest absolute Gasteiger partial charge is 0.314 e. The first-order valence-electron chi connectivity index (χ1n) is 9.91. The Labute approximate surface area is 177 Å². The molecule has 3 aromatic carbocycles. The fraction of sp³-hybridized carbons (Fsp3) is 0.167. The molecule has 1 heterocycles. The lowest BCUT2D eigenvalue weighted by Crippen LogP contribution is -2.36. The van der Waals surface area contributed by atoms with Crippen LogP contribution in [-0.2, 0) is 4.79 Å². The van der Waals surface area contributed by atoms with Crippen molar-refractivity contribution in [3.63, 3.8) is 0 Å². The van der Waals surface area contributed by atoms with Crippen molar-refractivity contribution in [3.8, 4) is 11.5 Å². The van der Waals surface area contributed by atoms with E-state index in [1.807, 2.05) is 12.1 Å². The van der Waals surface area contributed by atoms with Gasteiger partial charge in [-0.2, -0.15) is 10.1 Å². The minimum absolute atomic E-state index is 0.0330. The summed E-state index contributed by atoms with van der Waals surface area (Å²) >= 11 is 0. The zero-order valence-electron chi connectivity index (χ0n) is 16.7. The Morgan fingerprint density at radius 2 is 1.68 bits per heavy atom. The minimum atomic E-state index is -0.479. The predicted octanol–water partition coefficient (Wildman–Crippen LogP) is 3.79. The maximum Gasteiger partial charge on any atom is 0.314 e. The highest BCUT2D eigenvalue weighted by atomic mass is 16.6. The number of carbonyl (C=O) groups is 3. The van der Waals surface area contributed by atoms with E-state index in [0.717, 1.165) is 23.2 Å². The molecule has 154 valence electrons. The molecule has 3 aromatic rings. The molecule has 0 spiro atoms. The number of nitrogens with zero attached hydrogens (tertiary/aromatic N) is 2. The van der Waals surface area contributed by atoms with Gasteiger partial charge in [0.2, 0.25) is 0 Å². The number of rotatable bonds is 5. The summed E-state index contributed by atoms with van der Waals surface area (Å²) in [4.78, 5) is 37.7. The number of esters is 1. The van der Waals surface area contributed by atoms with Crippen molar-refractivity contribution in [2.24, 2.45) is 11.0 Å². The summed E-state index contributed by atoms with van der Waals surface area (Å²) in [6.07, 6.45) is 3.10. The summed E-state index contributed by atoms with van der Waals surface area (Å²) in [6, 6.07) is 15.6. The molecule has 1 aliphatic heterocycles. The van der Waals surface area contributed by atoms with Gasteiger partial charge in [-0.25, -0.2) is 0 Å². The van der Waals surface area contributed by atoms with Crippen LogP contribution in [0.15, 0.2) is 59.7 Å². The Hall–Kier alpha value is -4.00. The predicted molar refractivity (Wildman–Crippen MR) is 113 cm³/mol. The summed E-state index contributed by atoms with van der Waals surface area (Å²) in [5.74, 6) is -0.571. The molecule has 2 aliphatic rings. The first kappa shape index (κ1) is 19.0. The van der Waals surface area contributed by atoms with Gasteiger partial charge in [-0.1, -0.05) is 24.3 Å². The van der Waals surface area contributed by atoms with Gasteiger partial charge in [-0.3, -0.25) is 14.4 Å². The maximum atomic E-state index is 12.9. The average Bonchev–Trinajstić information content (AvgIpc) is 3.63. The van der Waals surface area contributed by atoms with Gasteiger partial charge in [0.1, 0.15) is 0 Å². The summed E-state index contributed by atoms with van der Waals surface area (Å²) < 4.78 is 10.7. The lowest BCUT2D eigenvalue weighted by Gasteiger charge is -2.23. The molecule has 0 radical (unpaired) electrons. The highest BCUT2D eigenvalue weighted by molar-refractivity contribution is 6.25. The summed E-state index contributed by atoms with van der Waals surface area (Å²) in [7, 11) is 1.47. The molecule has 5 rings (SSSR count). The number of ether oxygens (including phenoxy) is 2. The van der Waals surface area contributed by atoms with Crippen LogP contribution >= 0.6 is 0 Å². The standard InChI is InChI=1S/C24H18N2O5/c1-30-20-12-14(8-11-19(20)31-24(29)16-9-10-16)13-25-26-22(27)17-6-2-4-15-5-3-7-18(21(15)17)23(26)28/h2-8,11-13,16H,9-10H2,1H3/b25-13-. The van der Waals surface area contributed by atoms with E-state index in [1.165, 1.54) is 13.3 Å². The molecule has 0 aromatic heterocycles. The number of benzene rings is 3. The van der Waals surface area contributed by atoms with E-state index in [2.05, 4.69) is 5.10 Å². The number of hydrogen-bond acceptors (Lipinski definition) is 6. The fourth-order valence-electron chi connectivity index (χ4n) is 3.61. The van der Waals surface area contributed by atoms with Crippen LogP contribution in [0.3, 0.4) is 0 Å². The van der Waals surface area contributed by atoms with Gasteiger partial charge in [0.25, 0.3) is 11.8 Å². The number of hydrogen-bond donors (Lipinski definition) is 0. The number of carbonyl (C=O) groups excluding carboxylic acids is 3. The first-order valence-corrected chi connectivity index (χ1v) is 9.91. The van der Waals surface area contributed by atoms with Crippen molar-refractivity contribution in [1.29, 1.82) is 0 Å². The SMILES string of the molecule is COc1cc(/C=N\N2C(=O)c3cccc4cccc(c34)C2=O)ccc1OC(=O)C1CC1. The number of imide groups is 1. The zero-order valence-corrected chi connectivity index (χ0v) is 16.7. The average molecular weight is 414 g/mol. The Morgan fingerprint density at radius 1 is 1.00 bits per heavy atom. The van der Waals surface area contributed by atoms with Gasteiger partial charge in [0.05, 0.1) is 30.4 Å². The molecule has 1 saturated carbocycles. The van der Waals surface area contributed by atoms with Crippen LogP contribution in [0.1, 0.15) is 39.1 Å². The summed E-state index contributed by atoms with van der Waals surface area (Å²) in [5, 5.41) is 6.50.